The molecule has 2 atom stereocenters. The molecule has 1 aromatic carbocycles. The van der Waals surface area contributed by atoms with Gasteiger partial charge in [-0.1, -0.05) is 25.5 Å². The molecular formula is C18H29N3. The summed E-state index contributed by atoms with van der Waals surface area (Å²) in [5.74, 6) is 0.620. The van der Waals surface area contributed by atoms with Crippen molar-refractivity contribution in [2.45, 2.75) is 44.6 Å². The quantitative estimate of drug-likeness (QED) is 0.864. The van der Waals surface area contributed by atoms with Crippen molar-refractivity contribution in [3.8, 4) is 0 Å². The second kappa shape index (κ2) is 6.80. The van der Waals surface area contributed by atoms with E-state index >= 15 is 0 Å². The molecule has 3 rings (SSSR count). The third-order valence-electron chi connectivity index (χ3n) is 5.31. The summed E-state index contributed by atoms with van der Waals surface area (Å²) in [6.07, 6.45) is 5.49. The highest BCUT2D eigenvalue weighted by molar-refractivity contribution is 5.40. The molecule has 3 heteroatoms. The van der Waals surface area contributed by atoms with Crippen LogP contribution in [0, 0.1) is 0 Å². The maximum Gasteiger partial charge on any atom is 0.0314 e. The first kappa shape index (κ1) is 14.9. The molecule has 2 heterocycles. The summed E-state index contributed by atoms with van der Waals surface area (Å²) < 4.78 is 0. The number of nitrogens with two attached hydrogens (primary N) is 1. The zero-order chi connectivity index (χ0) is 14.7. The average molecular weight is 287 g/mol. The lowest BCUT2D eigenvalue weighted by Gasteiger charge is -2.44. The molecular weight excluding hydrogens is 258 g/mol. The van der Waals surface area contributed by atoms with Gasteiger partial charge in [-0.3, -0.25) is 4.90 Å². The zero-order valence-electron chi connectivity index (χ0n) is 13.3. The predicted octanol–water partition coefficient (Wildman–Crippen LogP) is 2.93. The van der Waals surface area contributed by atoms with Gasteiger partial charge in [-0.2, -0.15) is 0 Å². The number of nitrogen functional groups attached to an aromatic ring is 1. The van der Waals surface area contributed by atoms with E-state index in [9.17, 15) is 0 Å². The summed E-state index contributed by atoms with van der Waals surface area (Å²) >= 11 is 0. The van der Waals surface area contributed by atoms with Gasteiger partial charge in [-0.05, 0) is 56.0 Å². The minimum atomic E-state index is 0.620. The fourth-order valence-corrected chi connectivity index (χ4v) is 3.79. The van der Waals surface area contributed by atoms with Crippen LogP contribution in [0.25, 0.3) is 0 Å². The van der Waals surface area contributed by atoms with Gasteiger partial charge in [0.25, 0.3) is 0 Å². The molecule has 0 saturated carbocycles. The summed E-state index contributed by atoms with van der Waals surface area (Å²) in [6.45, 7) is 8.72. The van der Waals surface area contributed by atoms with Crippen molar-refractivity contribution in [1.29, 1.82) is 0 Å². The first-order chi connectivity index (χ1) is 10.2. The van der Waals surface area contributed by atoms with E-state index in [1.807, 2.05) is 12.1 Å². The van der Waals surface area contributed by atoms with Crippen molar-refractivity contribution < 1.29 is 0 Å². The molecule has 116 valence electrons. The predicted molar refractivity (Wildman–Crippen MR) is 89.5 cm³/mol. The maximum absolute atomic E-state index is 5.77. The molecule has 3 nitrogen and oxygen atoms in total. The second-order valence-electron chi connectivity index (χ2n) is 6.84. The molecule has 0 amide bonds. The fourth-order valence-electron chi connectivity index (χ4n) is 3.79. The normalized spacial score (nSPS) is 25.5. The van der Waals surface area contributed by atoms with Gasteiger partial charge >= 0.3 is 0 Å². The number of benzene rings is 1. The smallest absolute Gasteiger partial charge is 0.0314 e. The van der Waals surface area contributed by atoms with Crippen LogP contribution in [0.2, 0.25) is 0 Å². The minimum absolute atomic E-state index is 0.620. The third-order valence-corrected chi connectivity index (χ3v) is 5.31. The number of hydrogen-bond donors (Lipinski definition) is 1. The molecule has 1 aromatic rings. The molecule has 2 aliphatic heterocycles. The van der Waals surface area contributed by atoms with Gasteiger partial charge in [0, 0.05) is 31.4 Å². The van der Waals surface area contributed by atoms with Crippen LogP contribution in [0.1, 0.15) is 44.1 Å². The van der Waals surface area contributed by atoms with Crippen molar-refractivity contribution in [2.24, 2.45) is 0 Å². The van der Waals surface area contributed by atoms with Crippen LogP contribution in [0.3, 0.4) is 0 Å². The summed E-state index contributed by atoms with van der Waals surface area (Å²) in [7, 11) is 0. The number of hydrogen-bond acceptors (Lipinski definition) is 3. The standard InChI is InChI=1S/C18H29N3/c1-15(16-5-7-17(19)8-6-16)9-11-20-12-13-21-10-3-2-4-18(21)14-20/h5-8,15,18H,2-4,9-14,19H2,1H3. The molecule has 2 unspecified atom stereocenters. The number of anilines is 1. The topological polar surface area (TPSA) is 32.5 Å². The fraction of sp³-hybridized carbons (Fsp3) is 0.667. The van der Waals surface area contributed by atoms with Crippen LogP contribution in [0.15, 0.2) is 24.3 Å². The van der Waals surface area contributed by atoms with Crippen molar-refractivity contribution in [2.75, 3.05) is 38.5 Å². The van der Waals surface area contributed by atoms with Crippen LogP contribution >= 0.6 is 0 Å². The lowest BCUT2D eigenvalue weighted by molar-refractivity contribution is 0.0482. The van der Waals surface area contributed by atoms with E-state index in [2.05, 4.69) is 28.9 Å². The zero-order valence-corrected chi connectivity index (χ0v) is 13.3. The molecule has 0 aromatic heterocycles. The van der Waals surface area contributed by atoms with E-state index in [0.29, 0.717) is 5.92 Å². The Morgan fingerprint density at radius 3 is 2.76 bits per heavy atom. The maximum atomic E-state index is 5.77. The second-order valence-corrected chi connectivity index (χ2v) is 6.84. The van der Waals surface area contributed by atoms with Gasteiger partial charge in [-0.25, -0.2) is 0 Å². The number of nitrogens with zero attached hydrogens (tertiary/aromatic N) is 2. The average Bonchev–Trinajstić information content (AvgIpc) is 2.53. The highest BCUT2D eigenvalue weighted by Gasteiger charge is 2.28. The van der Waals surface area contributed by atoms with Gasteiger partial charge in [0.05, 0.1) is 0 Å². The van der Waals surface area contributed by atoms with Crippen LogP contribution in [-0.4, -0.2) is 48.6 Å². The van der Waals surface area contributed by atoms with E-state index in [1.165, 1.54) is 64.0 Å². The van der Waals surface area contributed by atoms with Crippen molar-refractivity contribution >= 4 is 5.69 Å². The summed E-state index contributed by atoms with van der Waals surface area (Å²) in [6, 6.07) is 9.23. The highest BCUT2D eigenvalue weighted by Crippen LogP contribution is 2.24. The van der Waals surface area contributed by atoms with Gasteiger partial charge in [0.15, 0.2) is 0 Å². The number of piperazine rings is 1. The Kier molecular flexibility index (Phi) is 4.81. The SMILES string of the molecule is CC(CCN1CCN2CCCCC2C1)c1ccc(N)cc1. The lowest BCUT2D eigenvalue weighted by atomic mass is 9.96. The first-order valence-corrected chi connectivity index (χ1v) is 8.54. The Hall–Kier alpha value is -1.06. The Morgan fingerprint density at radius 1 is 1.14 bits per heavy atom. The van der Waals surface area contributed by atoms with Gasteiger partial charge in [0.1, 0.15) is 0 Å². The van der Waals surface area contributed by atoms with E-state index in [4.69, 9.17) is 5.73 Å². The number of rotatable bonds is 4. The van der Waals surface area contributed by atoms with Crippen LogP contribution in [-0.2, 0) is 0 Å². The summed E-state index contributed by atoms with van der Waals surface area (Å²) in [5.41, 5.74) is 8.04. The molecule has 2 aliphatic rings. The molecule has 0 aliphatic carbocycles. The van der Waals surface area contributed by atoms with Gasteiger partial charge in [-0.15, -0.1) is 0 Å². The Morgan fingerprint density at radius 2 is 1.95 bits per heavy atom. The Balaban J connectivity index is 1.47. The molecule has 0 bridgehead atoms. The van der Waals surface area contributed by atoms with E-state index < -0.39 is 0 Å². The van der Waals surface area contributed by atoms with Crippen LogP contribution in [0.4, 0.5) is 5.69 Å². The van der Waals surface area contributed by atoms with Gasteiger partial charge < -0.3 is 10.6 Å². The number of piperidine rings is 1. The minimum Gasteiger partial charge on any atom is -0.399 e. The molecule has 0 spiro atoms. The monoisotopic (exact) mass is 287 g/mol. The highest BCUT2D eigenvalue weighted by atomic mass is 15.3. The van der Waals surface area contributed by atoms with Gasteiger partial charge in [0.2, 0.25) is 0 Å². The lowest BCUT2D eigenvalue weighted by Crippen LogP contribution is -2.54. The van der Waals surface area contributed by atoms with Crippen LogP contribution < -0.4 is 5.73 Å². The van der Waals surface area contributed by atoms with E-state index in [1.54, 1.807) is 0 Å². The molecule has 0 radical (unpaired) electrons. The van der Waals surface area contributed by atoms with Crippen molar-refractivity contribution in [3.63, 3.8) is 0 Å². The Bertz CT molecular complexity index is 442. The number of fused-ring (bicyclic) bond motifs is 1. The Labute approximate surface area is 129 Å². The summed E-state index contributed by atoms with van der Waals surface area (Å²) in [5, 5.41) is 0. The largest absolute Gasteiger partial charge is 0.399 e. The third kappa shape index (κ3) is 3.78. The van der Waals surface area contributed by atoms with Crippen LogP contribution in [0.5, 0.6) is 0 Å². The molecule has 2 fully saturated rings. The van der Waals surface area contributed by atoms with E-state index in [0.717, 1.165) is 11.7 Å². The summed E-state index contributed by atoms with van der Waals surface area (Å²) in [4.78, 5) is 5.39. The molecule has 2 saturated heterocycles. The van der Waals surface area contributed by atoms with E-state index in [-0.39, 0.29) is 0 Å². The molecule has 2 N–H and O–H groups in total. The molecule has 21 heavy (non-hydrogen) atoms. The first-order valence-electron chi connectivity index (χ1n) is 8.54. The van der Waals surface area contributed by atoms with Crippen molar-refractivity contribution in [3.05, 3.63) is 29.8 Å². The van der Waals surface area contributed by atoms with Crippen molar-refractivity contribution in [1.82, 2.24) is 9.80 Å².